The third-order valence-electron chi connectivity index (χ3n) is 3.82. The highest BCUT2D eigenvalue weighted by atomic mass is 32.2. The fourth-order valence-electron chi connectivity index (χ4n) is 2.51. The van der Waals surface area contributed by atoms with Gasteiger partial charge in [-0.3, -0.25) is 4.79 Å². The van der Waals surface area contributed by atoms with Crippen LogP contribution in [0.15, 0.2) is 39.8 Å². The van der Waals surface area contributed by atoms with Crippen molar-refractivity contribution < 1.29 is 27.5 Å². The number of sulfonamides is 1. The Balaban J connectivity index is 1.96. The molecule has 3 rings (SSSR count). The molecule has 1 aliphatic rings. The number of rotatable bonds is 4. The van der Waals surface area contributed by atoms with Crippen molar-refractivity contribution in [3.63, 3.8) is 0 Å². The van der Waals surface area contributed by atoms with E-state index in [1.807, 2.05) is 0 Å². The first kappa shape index (κ1) is 15.0. The summed E-state index contributed by atoms with van der Waals surface area (Å²) >= 11 is 0. The Morgan fingerprint density at radius 2 is 1.95 bits per heavy atom. The lowest BCUT2D eigenvalue weighted by atomic mass is 9.92. The number of ether oxygens (including phenoxy) is 1. The van der Waals surface area contributed by atoms with Gasteiger partial charge in [-0.05, 0) is 24.3 Å². The van der Waals surface area contributed by atoms with E-state index in [1.54, 1.807) is 12.1 Å². The van der Waals surface area contributed by atoms with Crippen molar-refractivity contribution in [2.45, 2.75) is 23.3 Å². The number of carboxylic acid groups (broad SMARTS) is 1. The molecule has 1 fully saturated rings. The van der Waals surface area contributed by atoms with Crippen molar-refractivity contribution >= 4 is 27.0 Å². The molecule has 0 aliphatic carbocycles. The molecule has 8 heteroatoms. The second kappa shape index (κ2) is 5.38. The predicted octanol–water partition coefficient (Wildman–Crippen LogP) is 1.34. The zero-order chi connectivity index (χ0) is 15.8. The van der Waals surface area contributed by atoms with E-state index in [-0.39, 0.29) is 31.0 Å². The first-order valence-electron chi connectivity index (χ1n) is 6.75. The summed E-state index contributed by atoms with van der Waals surface area (Å²) in [6, 6.07) is 6.04. The Morgan fingerprint density at radius 3 is 2.64 bits per heavy atom. The van der Waals surface area contributed by atoms with Crippen LogP contribution in [0.2, 0.25) is 0 Å². The van der Waals surface area contributed by atoms with E-state index in [0.29, 0.717) is 11.0 Å². The summed E-state index contributed by atoms with van der Waals surface area (Å²) in [6.45, 7) is 0.408. The summed E-state index contributed by atoms with van der Waals surface area (Å²) in [7, 11) is -3.96. The Hall–Kier alpha value is -1.90. The maximum atomic E-state index is 12.5. The van der Waals surface area contributed by atoms with Crippen LogP contribution in [0.25, 0.3) is 11.0 Å². The highest BCUT2D eigenvalue weighted by molar-refractivity contribution is 7.89. The van der Waals surface area contributed by atoms with Crippen molar-refractivity contribution in [2.24, 2.45) is 0 Å². The van der Waals surface area contributed by atoms with Crippen LogP contribution in [-0.4, -0.2) is 38.2 Å². The fourth-order valence-corrected chi connectivity index (χ4v) is 3.96. The number of hydrogen-bond donors (Lipinski definition) is 2. The van der Waals surface area contributed by atoms with Crippen LogP contribution in [0, 0.1) is 0 Å². The summed E-state index contributed by atoms with van der Waals surface area (Å²) in [5.41, 5.74) is -0.958. The van der Waals surface area contributed by atoms with E-state index in [4.69, 9.17) is 9.15 Å². The summed E-state index contributed by atoms with van der Waals surface area (Å²) in [6.07, 6.45) is 1.65. The molecule has 2 aromatic rings. The zero-order valence-corrected chi connectivity index (χ0v) is 12.4. The smallest absolute Gasteiger partial charge is 0.325 e. The average molecular weight is 325 g/mol. The maximum Gasteiger partial charge on any atom is 0.325 e. The number of benzene rings is 1. The lowest BCUT2D eigenvalue weighted by Gasteiger charge is -2.33. The van der Waals surface area contributed by atoms with Gasteiger partial charge in [0.2, 0.25) is 10.0 Å². The summed E-state index contributed by atoms with van der Waals surface area (Å²) < 4.78 is 37.7. The molecule has 2 N–H and O–H groups in total. The molecular formula is C14H15NO6S. The molecule has 118 valence electrons. The van der Waals surface area contributed by atoms with Crippen molar-refractivity contribution in [1.29, 1.82) is 0 Å². The Kier molecular flexibility index (Phi) is 3.67. The number of hydrogen-bond acceptors (Lipinski definition) is 5. The molecule has 0 unspecified atom stereocenters. The van der Waals surface area contributed by atoms with Crippen LogP contribution < -0.4 is 4.72 Å². The minimum atomic E-state index is -3.96. The van der Waals surface area contributed by atoms with Crippen molar-refractivity contribution in [2.75, 3.05) is 13.2 Å². The summed E-state index contributed by atoms with van der Waals surface area (Å²) in [5, 5.41) is 10.1. The van der Waals surface area contributed by atoms with E-state index in [2.05, 4.69) is 4.72 Å². The molecule has 1 aliphatic heterocycles. The molecular weight excluding hydrogens is 310 g/mol. The van der Waals surface area contributed by atoms with Gasteiger partial charge in [0.25, 0.3) is 0 Å². The van der Waals surface area contributed by atoms with Crippen LogP contribution in [0.5, 0.6) is 0 Å². The van der Waals surface area contributed by atoms with Crippen molar-refractivity contribution in [3.05, 3.63) is 30.5 Å². The van der Waals surface area contributed by atoms with Gasteiger partial charge in [-0.2, -0.15) is 4.72 Å². The molecule has 7 nitrogen and oxygen atoms in total. The van der Waals surface area contributed by atoms with Gasteiger partial charge < -0.3 is 14.3 Å². The minimum Gasteiger partial charge on any atom is -0.480 e. The molecule has 1 aromatic carbocycles. The lowest BCUT2D eigenvalue weighted by molar-refractivity contribution is -0.147. The molecule has 0 spiro atoms. The Morgan fingerprint density at radius 1 is 1.23 bits per heavy atom. The van der Waals surface area contributed by atoms with Crippen LogP contribution in [0.4, 0.5) is 0 Å². The molecule has 1 saturated heterocycles. The van der Waals surface area contributed by atoms with E-state index in [9.17, 15) is 18.3 Å². The van der Waals surface area contributed by atoms with Gasteiger partial charge in [-0.25, -0.2) is 8.42 Å². The van der Waals surface area contributed by atoms with Gasteiger partial charge in [0, 0.05) is 31.4 Å². The van der Waals surface area contributed by atoms with Gasteiger partial charge >= 0.3 is 5.97 Å². The third-order valence-corrected chi connectivity index (χ3v) is 5.35. The van der Waals surface area contributed by atoms with Gasteiger partial charge in [-0.15, -0.1) is 0 Å². The standard InChI is InChI=1S/C14H15NO6S/c16-13(17)14(4-7-20-8-5-14)15-22(18,19)11-1-2-12-10(9-11)3-6-21-12/h1-3,6,9,15H,4-5,7-8H2,(H,16,17). The second-order valence-electron chi connectivity index (χ2n) is 5.23. The predicted molar refractivity (Wildman–Crippen MR) is 77.0 cm³/mol. The van der Waals surface area contributed by atoms with Gasteiger partial charge in [0.05, 0.1) is 11.2 Å². The van der Waals surface area contributed by atoms with Crippen LogP contribution in [0.1, 0.15) is 12.8 Å². The van der Waals surface area contributed by atoms with Gasteiger partial charge in [0.15, 0.2) is 0 Å². The van der Waals surface area contributed by atoms with Gasteiger partial charge in [0.1, 0.15) is 11.1 Å². The third kappa shape index (κ3) is 2.60. The minimum absolute atomic E-state index is 0.00789. The molecule has 0 radical (unpaired) electrons. The zero-order valence-electron chi connectivity index (χ0n) is 11.6. The molecule has 0 atom stereocenters. The van der Waals surface area contributed by atoms with Crippen molar-refractivity contribution in [1.82, 2.24) is 4.72 Å². The largest absolute Gasteiger partial charge is 0.480 e. The molecule has 0 bridgehead atoms. The number of fused-ring (bicyclic) bond motifs is 1. The van der Waals surface area contributed by atoms with E-state index < -0.39 is 21.5 Å². The lowest BCUT2D eigenvalue weighted by Crippen LogP contribution is -2.57. The number of aliphatic carboxylic acids is 1. The second-order valence-corrected chi connectivity index (χ2v) is 6.91. The van der Waals surface area contributed by atoms with Crippen LogP contribution in [-0.2, 0) is 19.6 Å². The molecule has 1 aromatic heterocycles. The molecule has 0 saturated carbocycles. The first-order valence-corrected chi connectivity index (χ1v) is 8.24. The summed E-state index contributed by atoms with van der Waals surface area (Å²) in [4.78, 5) is 11.6. The summed E-state index contributed by atoms with van der Waals surface area (Å²) in [5.74, 6) is -1.19. The quantitative estimate of drug-likeness (QED) is 0.879. The number of carboxylic acids is 1. The van der Waals surface area contributed by atoms with E-state index in [1.165, 1.54) is 18.4 Å². The number of furan rings is 1. The monoisotopic (exact) mass is 325 g/mol. The molecule has 22 heavy (non-hydrogen) atoms. The van der Waals surface area contributed by atoms with Gasteiger partial charge in [-0.1, -0.05) is 0 Å². The van der Waals surface area contributed by atoms with E-state index in [0.717, 1.165) is 0 Å². The Labute approximate surface area is 126 Å². The first-order chi connectivity index (χ1) is 10.4. The average Bonchev–Trinajstić information content (AvgIpc) is 2.95. The fraction of sp³-hybridized carbons (Fsp3) is 0.357. The number of carbonyl (C=O) groups is 1. The maximum absolute atomic E-state index is 12.5. The van der Waals surface area contributed by atoms with Crippen LogP contribution in [0.3, 0.4) is 0 Å². The van der Waals surface area contributed by atoms with E-state index >= 15 is 0 Å². The number of nitrogens with one attached hydrogen (secondary N) is 1. The molecule has 0 amide bonds. The Bertz CT molecular complexity index is 804. The normalized spacial score (nSPS) is 18.4. The van der Waals surface area contributed by atoms with Crippen LogP contribution >= 0.6 is 0 Å². The van der Waals surface area contributed by atoms with Crippen molar-refractivity contribution in [3.8, 4) is 0 Å². The highest BCUT2D eigenvalue weighted by Gasteiger charge is 2.43. The SMILES string of the molecule is O=C(O)C1(NS(=O)(=O)c2ccc3occc3c2)CCOCC1. The molecule has 2 heterocycles. The topological polar surface area (TPSA) is 106 Å². The highest BCUT2D eigenvalue weighted by Crippen LogP contribution is 2.26.